The molecule has 0 aliphatic rings. The van der Waals surface area contributed by atoms with Crippen LogP contribution in [0, 0.1) is 0 Å². The van der Waals surface area contributed by atoms with Crippen molar-refractivity contribution in [2.75, 3.05) is 6.61 Å². The maximum atomic E-state index is 5.74. The third-order valence-corrected chi connectivity index (χ3v) is 4.55. The molecule has 3 aromatic heterocycles. The Labute approximate surface area is 164 Å². The molecule has 0 radical (unpaired) electrons. The number of nitrogens with one attached hydrogen (secondary N) is 1. The quantitative estimate of drug-likeness (QED) is 0.444. The molecule has 0 atom stereocenters. The molecule has 0 saturated carbocycles. The van der Waals surface area contributed by atoms with Crippen molar-refractivity contribution in [2.45, 2.75) is 19.8 Å². The van der Waals surface area contributed by atoms with Crippen LogP contribution in [0.1, 0.15) is 19.8 Å². The van der Waals surface area contributed by atoms with Crippen LogP contribution >= 0.6 is 0 Å². The van der Waals surface area contributed by atoms with Gasteiger partial charge in [-0.15, -0.1) is 0 Å². The minimum Gasteiger partial charge on any atom is -0.494 e. The molecule has 140 valence electrons. The largest absolute Gasteiger partial charge is 0.494 e. The standard InChI is InChI=1S/C23H22N4O/c1-2-3-14-28-19-9-7-17(8-10-19)22-15-18(11-13-25-22)20-16-26-27-23(20)21-6-4-5-12-24-21/h4-13,15-16H,2-3,14H2,1H3,(H,26,27). The summed E-state index contributed by atoms with van der Waals surface area (Å²) in [5.41, 5.74) is 5.77. The summed E-state index contributed by atoms with van der Waals surface area (Å²) in [6, 6.07) is 18.0. The SMILES string of the molecule is CCCCOc1ccc(-c2cc(-c3cn[nH]c3-c3ccccn3)ccn2)cc1. The summed E-state index contributed by atoms with van der Waals surface area (Å²) >= 11 is 0. The number of aromatic amines is 1. The second-order valence-corrected chi connectivity index (χ2v) is 6.53. The Bertz CT molecular complexity index is 1030. The van der Waals surface area contributed by atoms with Crippen molar-refractivity contribution < 1.29 is 4.74 Å². The first-order valence-electron chi connectivity index (χ1n) is 9.49. The Morgan fingerprint density at radius 2 is 1.75 bits per heavy atom. The fraction of sp³-hybridized carbons (Fsp3) is 0.174. The van der Waals surface area contributed by atoms with E-state index in [9.17, 15) is 0 Å². The Morgan fingerprint density at radius 3 is 2.54 bits per heavy atom. The molecule has 0 unspecified atom stereocenters. The predicted octanol–water partition coefficient (Wildman–Crippen LogP) is 5.38. The minimum atomic E-state index is 0.750. The van der Waals surface area contributed by atoms with Gasteiger partial charge in [0.2, 0.25) is 0 Å². The van der Waals surface area contributed by atoms with Crippen LogP contribution < -0.4 is 4.74 Å². The van der Waals surface area contributed by atoms with Gasteiger partial charge in [-0.1, -0.05) is 19.4 Å². The van der Waals surface area contributed by atoms with Crippen molar-refractivity contribution >= 4 is 0 Å². The van der Waals surface area contributed by atoms with Crippen LogP contribution in [0.15, 0.2) is 73.2 Å². The van der Waals surface area contributed by atoms with E-state index < -0.39 is 0 Å². The van der Waals surface area contributed by atoms with Gasteiger partial charge < -0.3 is 4.74 Å². The Hall–Kier alpha value is -3.47. The maximum absolute atomic E-state index is 5.74. The fourth-order valence-electron chi connectivity index (χ4n) is 3.02. The highest BCUT2D eigenvalue weighted by Gasteiger charge is 2.12. The molecule has 0 fully saturated rings. The van der Waals surface area contributed by atoms with E-state index in [4.69, 9.17) is 4.74 Å². The van der Waals surface area contributed by atoms with Gasteiger partial charge in [0, 0.05) is 23.5 Å². The molecule has 5 heteroatoms. The molecule has 0 amide bonds. The third-order valence-electron chi connectivity index (χ3n) is 4.55. The van der Waals surface area contributed by atoms with Gasteiger partial charge in [-0.2, -0.15) is 5.10 Å². The number of hydrogen-bond donors (Lipinski definition) is 1. The Balaban J connectivity index is 1.60. The second-order valence-electron chi connectivity index (χ2n) is 6.53. The van der Waals surface area contributed by atoms with Crippen molar-refractivity contribution in [3.8, 4) is 39.5 Å². The van der Waals surface area contributed by atoms with Crippen LogP contribution in [0.2, 0.25) is 0 Å². The molecule has 4 aromatic rings. The lowest BCUT2D eigenvalue weighted by Gasteiger charge is -2.08. The zero-order valence-corrected chi connectivity index (χ0v) is 15.8. The number of nitrogens with zero attached hydrogens (tertiary/aromatic N) is 3. The molecule has 1 aromatic carbocycles. The van der Waals surface area contributed by atoms with Crippen molar-refractivity contribution in [1.29, 1.82) is 0 Å². The molecular formula is C23H22N4O. The van der Waals surface area contributed by atoms with Crippen molar-refractivity contribution in [2.24, 2.45) is 0 Å². The first-order chi connectivity index (χ1) is 13.8. The lowest BCUT2D eigenvalue weighted by Crippen LogP contribution is -1.96. The number of benzene rings is 1. The maximum Gasteiger partial charge on any atom is 0.119 e. The van der Waals surface area contributed by atoms with E-state index in [-0.39, 0.29) is 0 Å². The number of pyridine rings is 2. The van der Waals surface area contributed by atoms with E-state index in [0.717, 1.165) is 59.0 Å². The summed E-state index contributed by atoms with van der Waals surface area (Å²) in [5, 5.41) is 7.28. The number of H-pyrrole nitrogens is 1. The van der Waals surface area contributed by atoms with E-state index >= 15 is 0 Å². The summed E-state index contributed by atoms with van der Waals surface area (Å²) in [4.78, 5) is 8.97. The summed E-state index contributed by atoms with van der Waals surface area (Å²) < 4.78 is 5.74. The van der Waals surface area contributed by atoms with E-state index in [1.165, 1.54) is 0 Å². The van der Waals surface area contributed by atoms with Gasteiger partial charge in [-0.25, -0.2) is 0 Å². The van der Waals surface area contributed by atoms with Gasteiger partial charge >= 0.3 is 0 Å². The lowest BCUT2D eigenvalue weighted by molar-refractivity contribution is 0.309. The molecule has 4 rings (SSSR count). The molecular weight excluding hydrogens is 348 g/mol. The Kier molecular flexibility index (Phi) is 5.43. The first-order valence-corrected chi connectivity index (χ1v) is 9.49. The van der Waals surface area contributed by atoms with E-state index in [2.05, 4.69) is 33.2 Å². The van der Waals surface area contributed by atoms with Crippen LogP contribution in [-0.4, -0.2) is 26.8 Å². The van der Waals surface area contributed by atoms with Gasteiger partial charge in [0.15, 0.2) is 0 Å². The molecule has 0 aliphatic heterocycles. The molecule has 0 aliphatic carbocycles. The number of aromatic nitrogens is 4. The van der Waals surface area contributed by atoms with Gasteiger partial charge in [0.25, 0.3) is 0 Å². The van der Waals surface area contributed by atoms with Crippen LogP contribution in [0.4, 0.5) is 0 Å². The van der Waals surface area contributed by atoms with Crippen LogP contribution in [0.25, 0.3) is 33.8 Å². The number of rotatable bonds is 7. The lowest BCUT2D eigenvalue weighted by atomic mass is 10.0. The molecule has 28 heavy (non-hydrogen) atoms. The summed E-state index contributed by atoms with van der Waals surface area (Å²) in [7, 11) is 0. The zero-order valence-electron chi connectivity index (χ0n) is 15.8. The van der Waals surface area contributed by atoms with Gasteiger partial charge in [-0.3, -0.25) is 15.1 Å². The van der Waals surface area contributed by atoms with Crippen LogP contribution in [0.3, 0.4) is 0 Å². The molecule has 0 spiro atoms. The zero-order chi connectivity index (χ0) is 19.2. The van der Waals surface area contributed by atoms with E-state index in [1.54, 1.807) is 6.20 Å². The second kappa shape index (κ2) is 8.48. The highest BCUT2D eigenvalue weighted by molar-refractivity contribution is 5.80. The Morgan fingerprint density at radius 1 is 0.893 bits per heavy atom. The highest BCUT2D eigenvalue weighted by Crippen LogP contribution is 2.31. The van der Waals surface area contributed by atoms with Crippen molar-refractivity contribution in [3.63, 3.8) is 0 Å². The average Bonchev–Trinajstić information content (AvgIpc) is 3.25. The average molecular weight is 370 g/mol. The summed E-state index contributed by atoms with van der Waals surface area (Å²) in [6.45, 7) is 2.91. The molecule has 5 nitrogen and oxygen atoms in total. The molecule has 0 saturated heterocycles. The smallest absolute Gasteiger partial charge is 0.119 e. The molecule has 1 N–H and O–H groups in total. The highest BCUT2D eigenvalue weighted by atomic mass is 16.5. The van der Waals surface area contributed by atoms with E-state index in [1.807, 2.05) is 60.9 Å². The topological polar surface area (TPSA) is 63.7 Å². The monoisotopic (exact) mass is 370 g/mol. The number of unbranched alkanes of at least 4 members (excludes halogenated alkanes) is 1. The first kappa shape index (κ1) is 17.9. The summed E-state index contributed by atoms with van der Waals surface area (Å²) in [6.07, 6.45) is 7.62. The summed E-state index contributed by atoms with van der Waals surface area (Å²) in [5.74, 6) is 0.889. The van der Waals surface area contributed by atoms with Gasteiger partial charge in [0.1, 0.15) is 5.75 Å². The van der Waals surface area contributed by atoms with Crippen LogP contribution in [0.5, 0.6) is 5.75 Å². The third kappa shape index (κ3) is 3.93. The number of ether oxygens (including phenoxy) is 1. The van der Waals surface area contributed by atoms with Crippen LogP contribution in [-0.2, 0) is 0 Å². The minimum absolute atomic E-state index is 0.750. The normalized spacial score (nSPS) is 10.8. The van der Waals surface area contributed by atoms with Crippen molar-refractivity contribution in [3.05, 3.63) is 73.2 Å². The van der Waals surface area contributed by atoms with Crippen molar-refractivity contribution in [1.82, 2.24) is 20.2 Å². The van der Waals surface area contributed by atoms with Gasteiger partial charge in [0.05, 0.1) is 29.9 Å². The van der Waals surface area contributed by atoms with E-state index in [0.29, 0.717) is 0 Å². The molecule has 0 bridgehead atoms. The number of hydrogen-bond acceptors (Lipinski definition) is 4. The van der Waals surface area contributed by atoms with Gasteiger partial charge in [-0.05, 0) is 60.5 Å². The predicted molar refractivity (Wildman–Crippen MR) is 111 cm³/mol. The molecule has 3 heterocycles. The fourth-order valence-corrected chi connectivity index (χ4v) is 3.02.